The quantitative estimate of drug-likeness (QED) is 0.443. The number of pyridine rings is 1. The van der Waals surface area contributed by atoms with Gasteiger partial charge in [-0.1, -0.05) is 0 Å². The molecule has 4 rings (SSSR count). The number of piperidine rings is 1. The van der Waals surface area contributed by atoms with E-state index in [-0.39, 0.29) is 35.3 Å². The fourth-order valence-electron chi connectivity index (χ4n) is 5.03. The number of rotatable bonds is 8. The molecule has 2 amide bonds. The maximum absolute atomic E-state index is 13.1. The van der Waals surface area contributed by atoms with Crippen LogP contribution in [0.25, 0.3) is 0 Å². The van der Waals surface area contributed by atoms with E-state index in [1.54, 1.807) is 19.9 Å². The number of anilines is 1. The zero-order valence-corrected chi connectivity index (χ0v) is 21.6. The van der Waals surface area contributed by atoms with Crippen molar-refractivity contribution in [2.45, 2.75) is 75.8 Å². The number of hydrogen-bond donors (Lipinski definition) is 2. The van der Waals surface area contributed by atoms with Gasteiger partial charge in [0.1, 0.15) is 23.9 Å². The van der Waals surface area contributed by atoms with Gasteiger partial charge in [-0.25, -0.2) is 4.98 Å². The number of benzene rings is 1. The summed E-state index contributed by atoms with van der Waals surface area (Å²) in [5.41, 5.74) is -1.29. The number of ether oxygens (including phenoxy) is 2. The van der Waals surface area contributed by atoms with Gasteiger partial charge in [0.15, 0.2) is 5.60 Å². The molecule has 8 nitrogen and oxygen atoms in total. The molecular weight excluding hydrogens is 546 g/mol. The molecule has 2 fully saturated rings. The monoisotopic (exact) mass is 574 g/mol. The molecule has 3 atom stereocenters. The predicted molar refractivity (Wildman–Crippen MR) is 131 cm³/mol. The zero-order valence-electron chi connectivity index (χ0n) is 21.6. The number of fused-ring (bicyclic) bond motifs is 2. The van der Waals surface area contributed by atoms with Crippen LogP contribution in [-0.4, -0.2) is 59.6 Å². The van der Waals surface area contributed by atoms with E-state index in [1.165, 1.54) is 24.4 Å². The highest BCUT2D eigenvalue weighted by atomic mass is 19.4. The Morgan fingerprint density at radius 1 is 0.925 bits per heavy atom. The van der Waals surface area contributed by atoms with Gasteiger partial charge in [0, 0.05) is 24.3 Å². The highest BCUT2D eigenvalue weighted by Gasteiger charge is 2.43. The van der Waals surface area contributed by atoms with Crippen LogP contribution < -0.4 is 25.0 Å². The zero-order chi connectivity index (χ0) is 29.3. The molecule has 2 N–H and O–H groups in total. The summed E-state index contributed by atoms with van der Waals surface area (Å²) in [7, 11) is 0. The highest BCUT2D eigenvalue weighted by Crippen LogP contribution is 2.39. The molecule has 2 saturated heterocycles. The van der Waals surface area contributed by atoms with Crippen molar-refractivity contribution in [3.8, 4) is 11.5 Å². The molecule has 0 radical (unpaired) electrons. The molecule has 14 heteroatoms. The first-order chi connectivity index (χ1) is 18.6. The molecule has 0 spiro atoms. The third-order valence-electron chi connectivity index (χ3n) is 6.77. The Balaban J connectivity index is 1.32. The molecule has 2 bridgehead atoms. The lowest BCUT2D eigenvalue weighted by molar-refractivity contribution is -0.274. The fraction of sp³-hybridized carbons (Fsp3) is 0.500. The summed E-state index contributed by atoms with van der Waals surface area (Å²) in [5.74, 6) is -0.847. The number of nitrogens with zero attached hydrogens (tertiary/aromatic N) is 2. The van der Waals surface area contributed by atoms with Crippen molar-refractivity contribution in [3.63, 3.8) is 0 Å². The summed E-state index contributed by atoms with van der Waals surface area (Å²) in [6.45, 7) is 1.69. The van der Waals surface area contributed by atoms with Crippen molar-refractivity contribution in [1.29, 1.82) is 0 Å². The molecule has 2 aliphatic heterocycles. The highest BCUT2D eigenvalue weighted by molar-refractivity contribution is 5.94. The largest absolute Gasteiger partial charge is 0.573 e. The molecule has 0 saturated carbocycles. The number of alkyl halides is 6. The summed E-state index contributed by atoms with van der Waals surface area (Å²) in [5, 5.41) is 4.83. The van der Waals surface area contributed by atoms with Crippen molar-refractivity contribution in [1.82, 2.24) is 15.6 Å². The molecule has 218 valence electrons. The Hall–Kier alpha value is -3.71. The van der Waals surface area contributed by atoms with Crippen molar-refractivity contribution in [2.75, 3.05) is 11.4 Å². The van der Waals surface area contributed by atoms with E-state index in [9.17, 15) is 35.9 Å². The topological polar surface area (TPSA) is 92.8 Å². The average Bonchev–Trinajstić information content (AvgIpc) is 3.12. The van der Waals surface area contributed by atoms with Crippen LogP contribution in [-0.2, 0) is 4.79 Å². The van der Waals surface area contributed by atoms with Gasteiger partial charge in [-0.3, -0.25) is 9.59 Å². The van der Waals surface area contributed by atoms with E-state index in [1.807, 2.05) is 5.32 Å². The van der Waals surface area contributed by atoms with Gasteiger partial charge in [-0.05, 0) is 75.9 Å². The van der Waals surface area contributed by atoms with Crippen molar-refractivity contribution in [2.24, 2.45) is 0 Å². The number of carbonyl (C=O) groups excluding carboxylic acids is 2. The van der Waals surface area contributed by atoms with Gasteiger partial charge in [-0.15, -0.1) is 13.2 Å². The molecular formula is C26H28F6N4O4. The molecule has 0 unspecified atom stereocenters. The van der Waals surface area contributed by atoms with Gasteiger partial charge in [0.25, 0.3) is 11.8 Å². The Morgan fingerprint density at radius 2 is 1.50 bits per heavy atom. The van der Waals surface area contributed by atoms with E-state index < -0.39 is 36.3 Å². The maximum Gasteiger partial charge on any atom is 0.573 e. The molecule has 2 aliphatic rings. The minimum absolute atomic E-state index is 0.0206. The van der Waals surface area contributed by atoms with E-state index in [4.69, 9.17) is 4.74 Å². The lowest BCUT2D eigenvalue weighted by Gasteiger charge is -2.40. The second-order valence-corrected chi connectivity index (χ2v) is 10.3. The first-order valence-corrected chi connectivity index (χ1v) is 12.5. The van der Waals surface area contributed by atoms with Gasteiger partial charge in [-0.2, -0.15) is 13.2 Å². The summed E-state index contributed by atoms with van der Waals surface area (Å²) in [4.78, 5) is 31.4. The van der Waals surface area contributed by atoms with Crippen LogP contribution in [0.15, 0.2) is 42.6 Å². The van der Waals surface area contributed by atoms with Gasteiger partial charge < -0.3 is 25.0 Å². The average molecular weight is 575 g/mol. The van der Waals surface area contributed by atoms with Crippen LogP contribution in [0.3, 0.4) is 0 Å². The standard InChI is InChI=1S/C26H28F6N4O4/c1-24(2,39-19-6-8-20(9-7-19)40-26(30,31)32)23(38)35-16-11-17-4-5-18(12-16)36(17)21-10-3-15(13-33-21)22(37)34-14-25(27,28)29/h3,6-10,13,16-18H,4-5,11-12,14H2,1-2H3,(H,34,37)(H,35,38)/t16-,17+,18-. The molecule has 3 heterocycles. The van der Waals surface area contributed by atoms with Crippen LogP contribution in [0, 0.1) is 0 Å². The van der Waals surface area contributed by atoms with Gasteiger partial charge in [0.05, 0.1) is 5.56 Å². The van der Waals surface area contributed by atoms with Crippen LogP contribution in [0.2, 0.25) is 0 Å². The number of halogens is 6. The summed E-state index contributed by atoms with van der Waals surface area (Å²) in [6.07, 6.45) is -5.11. The smallest absolute Gasteiger partial charge is 0.478 e. The molecule has 0 aliphatic carbocycles. The Kier molecular flexibility index (Phi) is 8.08. The number of hydrogen-bond acceptors (Lipinski definition) is 6. The summed E-state index contributed by atoms with van der Waals surface area (Å²) in [6, 6.07) is 7.77. The first kappa shape index (κ1) is 29.3. The second kappa shape index (κ2) is 11.0. The number of aromatic nitrogens is 1. The molecule has 1 aromatic heterocycles. The number of carbonyl (C=O) groups is 2. The van der Waals surface area contributed by atoms with Crippen molar-refractivity contribution >= 4 is 17.6 Å². The third kappa shape index (κ3) is 7.48. The van der Waals surface area contributed by atoms with E-state index in [0.717, 1.165) is 25.0 Å². The molecule has 40 heavy (non-hydrogen) atoms. The summed E-state index contributed by atoms with van der Waals surface area (Å²) >= 11 is 0. The van der Waals surface area contributed by atoms with Crippen LogP contribution in [0.4, 0.5) is 32.2 Å². The lowest BCUT2D eigenvalue weighted by Crippen LogP contribution is -2.55. The second-order valence-electron chi connectivity index (χ2n) is 10.3. The Bertz CT molecular complexity index is 1190. The predicted octanol–water partition coefficient (Wildman–Crippen LogP) is 4.75. The van der Waals surface area contributed by atoms with Crippen molar-refractivity contribution < 1.29 is 45.4 Å². The summed E-state index contributed by atoms with van der Waals surface area (Å²) < 4.78 is 83.8. The SMILES string of the molecule is CC(C)(Oc1ccc(OC(F)(F)F)cc1)C(=O)N[C@H]1C[C@H]2CC[C@@H](C1)N2c1ccc(C(=O)NCC(F)(F)F)cn1. The number of amides is 2. The van der Waals surface area contributed by atoms with Gasteiger partial charge in [0.2, 0.25) is 0 Å². The molecule has 2 aromatic rings. The van der Waals surface area contributed by atoms with Crippen LogP contribution in [0.5, 0.6) is 11.5 Å². The fourth-order valence-corrected chi connectivity index (χ4v) is 5.03. The van der Waals surface area contributed by atoms with Crippen LogP contribution >= 0.6 is 0 Å². The lowest BCUT2D eigenvalue weighted by atomic mass is 9.96. The minimum atomic E-state index is -4.81. The van der Waals surface area contributed by atoms with Gasteiger partial charge >= 0.3 is 12.5 Å². The first-order valence-electron chi connectivity index (χ1n) is 12.5. The third-order valence-corrected chi connectivity index (χ3v) is 6.77. The van der Waals surface area contributed by atoms with E-state index in [2.05, 4.69) is 19.9 Å². The molecule has 1 aromatic carbocycles. The van der Waals surface area contributed by atoms with Crippen LogP contribution in [0.1, 0.15) is 49.9 Å². The van der Waals surface area contributed by atoms with E-state index >= 15 is 0 Å². The van der Waals surface area contributed by atoms with Crippen molar-refractivity contribution in [3.05, 3.63) is 48.2 Å². The minimum Gasteiger partial charge on any atom is -0.478 e. The maximum atomic E-state index is 13.1. The Labute approximate surface area is 226 Å². The van der Waals surface area contributed by atoms with E-state index in [0.29, 0.717) is 18.7 Å². The number of nitrogens with one attached hydrogen (secondary N) is 2. The normalized spacial score (nSPS) is 21.1. The Morgan fingerprint density at radius 3 is 2.00 bits per heavy atom.